The minimum atomic E-state index is -1.27. The molecule has 0 fully saturated rings. The Bertz CT molecular complexity index is 1120. The number of carboxylic acids is 1. The number of rotatable bonds is 6. The standard InChI is InChI=1S/C21H20N2O5S/c1-3-4-5-27-18-8-19-13(6-12(18)2)16-7-17(24)14(21(25)26)9-23(16)20(28-19)15-10-29-11-22-15/h6-11,20H,3-5H2,1-2H3,(H,25,26). The number of pyridine rings is 1. The van der Waals surface area contributed by atoms with Gasteiger partial charge in [-0.15, -0.1) is 11.3 Å². The zero-order valence-corrected chi connectivity index (χ0v) is 16.9. The number of nitrogens with zero attached hydrogens (tertiary/aromatic N) is 2. The molecule has 3 heterocycles. The Labute approximate surface area is 171 Å². The molecule has 1 aliphatic heterocycles. The Hall–Kier alpha value is -3.13. The molecule has 8 heteroatoms. The number of hydrogen-bond acceptors (Lipinski definition) is 6. The summed E-state index contributed by atoms with van der Waals surface area (Å²) in [5.74, 6) is 0.0266. The molecule has 29 heavy (non-hydrogen) atoms. The third kappa shape index (κ3) is 3.51. The molecule has 7 nitrogen and oxygen atoms in total. The zero-order valence-electron chi connectivity index (χ0n) is 16.0. The second-order valence-electron chi connectivity index (χ2n) is 6.85. The molecule has 1 atom stereocenters. The van der Waals surface area contributed by atoms with Gasteiger partial charge in [0.2, 0.25) is 6.23 Å². The molecular formula is C21H20N2O5S. The molecule has 0 spiro atoms. The van der Waals surface area contributed by atoms with Crippen LogP contribution in [0.25, 0.3) is 11.3 Å². The van der Waals surface area contributed by atoms with Crippen LogP contribution in [0.5, 0.6) is 11.5 Å². The minimum Gasteiger partial charge on any atom is -0.493 e. The van der Waals surface area contributed by atoms with E-state index in [2.05, 4.69) is 11.9 Å². The summed E-state index contributed by atoms with van der Waals surface area (Å²) in [5, 5.41) is 11.2. The Morgan fingerprint density at radius 1 is 1.38 bits per heavy atom. The topological polar surface area (TPSA) is 90.7 Å². The van der Waals surface area contributed by atoms with Crippen LogP contribution in [0, 0.1) is 6.92 Å². The van der Waals surface area contributed by atoms with E-state index in [4.69, 9.17) is 9.47 Å². The predicted octanol–water partition coefficient (Wildman–Crippen LogP) is 4.10. The summed E-state index contributed by atoms with van der Waals surface area (Å²) >= 11 is 1.41. The van der Waals surface area contributed by atoms with E-state index < -0.39 is 17.6 Å². The van der Waals surface area contributed by atoms with Crippen molar-refractivity contribution in [1.29, 1.82) is 0 Å². The first-order valence-electron chi connectivity index (χ1n) is 9.31. The third-order valence-electron chi connectivity index (χ3n) is 4.81. The van der Waals surface area contributed by atoms with E-state index in [-0.39, 0.29) is 5.56 Å². The molecule has 2 aromatic heterocycles. The maximum atomic E-state index is 12.4. The molecule has 0 saturated carbocycles. The summed E-state index contributed by atoms with van der Waals surface area (Å²) < 4.78 is 13.8. The van der Waals surface area contributed by atoms with E-state index in [1.165, 1.54) is 23.6 Å². The number of ether oxygens (including phenoxy) is 2. The highest BCUT2D eigenvalue weighted by Crippen LogP contribution is 2.43. The average Bonchev–Trinajstić information content (AvgIpc) is 3.22. The lowest BCUT2D eigenvalue weighted by molar-refractivity contribution is 0.0693. The van der Waals surface area contributed by atoms with Crippen LogP contribution in [0.3, 0.4) is 0 Å². The van der Waals surface area contributed by atoms with Gasteiger partial charge in [0.05, 0.1) is 17.8 Å². The van der Waals surface area contributed by atoms with E-state index in [9.17, 15) is 14.7 Å². The van der Waals surface area contributed by atoms with Crippen LogP contribution in [-0.4, -0.2) is 27.2 Å². The summed E-state index contributed by atoms with van der Waals surface area (Å²) in [6, 6.07) is 5.08. The van der Waals surface area contributed by atoms with Gasteiger partial charge in [0, 0.05) is 29.3 Å². The fourth-order valence-electron chi connectivity index (χ4n) is 3.29. The van der Waals surface area contributed by atoms with Gasteiger partial charge in [-0.25, -0.2) is 9.78 Å². The molecule has 4 rings (SSSR count). The van der Waals surface area contributed by atoms with Crippen molar-refractivity contribution in [2.45, 2.75) is 32.9 Å². The van der Waals surface area contributed by atoms with Crippen molar-refractivity contribution < 1.29 is 19.4 Å². The Morgan fingerprint density at radius 2 is 2.21 bits per heavy atom. The van der Waals surface area contributed by atoms with Crippen molar-refractivity contribution in [3.8, 4) is 22.8 Å². The minimum absolute atomic E-state index is 0.308. The predicted molar refractivity (Wildman–Crippen MR) is 109 cm³/mol. The second-order valence-corrected chi connectivity index (χ2v) is 7.57. The van der Waals surface area contributed by atoms with Gasteiger partial charge in [0.1, 0.15) is 22.8 Å². The van der Waals surface area contributed by atoms with Gasteiger partial charge in [-0.3, -0.25) is 4.79 Å². The van der Waals surface area contributed by atoms with Gasteiger partial charge in [0.25, 0.3) is 0 Å². The summed E-state index contributed by atoms with van der Waals surface area (Å²) in [4.78, 5) is 28.2. The maximum Gasteiger partial charge on any atom is 0.341 e. The highest BCUT2D eigenvalue weighted by Gasteiger charge is 2.30. The number of aryl methyl sites for hydroxylation is 1. The van der Waals surface area contributed by atoms with Crippen LogP contribution in [0.1, 0.15) is 47.6 Å². The quantitative estimate of drug-likeness (QED) is 0.613. The number of aromatic carboxylic acids is 1. The zero-order chi connectivity index (χ0) is 20.5. The lowest BCUT2D eigenvalue weighted by Gasteiger charge is -2.31. The summed E-state index contributed by atoms with van der Waals surface area (Å²) in [6.45, 7) is 4.65. The van der Waals surface area contributed by atoms with Crippen LogP contribution in [-0.2, 0) is 0 Å². The fraction of sp³-hybridized carbons (Fsp3) is 0.286. The SMILES string of the molecule is CCCCOc1cc2c(cc1C)-c1cc(=O)c(C(=O)O)cn1C(c1cscn1)O2. The molecule has 0 saturated heterocycles. The highest BCUT2D eigenvalue weighted by molar-refractivity contribution is 7.07. The van der Waals surface area contributed by atoms with Gasteiger partial charge < -0.3 is 19.1 Å². The summed E-state index contributed by atoms with van der Waals surface area (Å²) in [6.07, 6.45) is 2.64. The van der Waals surface area contributed by atoms with Crippen molar-refractivity contribution in [3.63, 3.8) is 0 Å². The van der Waals surface area contributed by atoms with Crippen molar-refractivity contribution in [2.24, 2.45) is 0 Å². The molecule has 150 valence electrons. The van der Waals surface area contributed by atoms with Crippen LogP contribution in [0.2, 0.25) is 0 Å². The molecule has 3 aromatic rings. The smallest absolute Gasteiger partial charge is 0.341 e. The molecule has 1 N–H and O–H groups in total. The number of carbonyl (C=O) groups is 1. The van der Waals surface area contributed by atoms with Gasteiger partial charge in [0.15, 0.2) is 5.43 Å². The van der Waals surface area contributed by atoms with Crippen molar-refractivity contribution >= 4 is 17.3 Å². The second kappa shape index (κ2) is 7.71. The van der Waals surface area contributed by atoms with Crippen LogP contribution in [0.15, 0.2) is 40.1 Å². The Morgan fingerprint density at radius 3 is 2.90 bits per heavy atom. The van der Waals surface area contributed by atoms with E-state index in [0.29, 0.717) is 29.3 Å². The number of carboxylic acid groups (broad SMARTS) is 1. The molecule has 1 unspecified atom stereocenters. The first-order chi connectivity index (χ1) is 14.0. The van der Waals surface area contributed by atoms with E-state index in [1.54, 1.807) is 10.1 Å². The third-order valence-corrected chi connectivity index (χ3v) is 5.42. The highest BCUT2D eigenvalue weighted by atomic mass is 32.1. The van der Waals surface area contributed by atoms with Crippen molar-refractivity contribution in [2.75, 3.05) is 6.61 Å². The molecule has 1 aromatic carbocycles. The molecular weight excluding hydrogens is 392 g/mol. The van der Waals surface area contributed by atoms with E-state index in [0.717, 1.165) is 24.2 Å². The van der Waals surface area contributed by atoms with E-state index in [1.807, 2.05) is 24.4 Å². The van der Waals surface area contributed by atoms with Gasteiger partial charge in [-0.05, 0) is 25.0 Å². The molecule has 1 aliphatic rings. The van der Waals surface area contributed by atoms with E-state index >= 15 is 0 Å². The first-order valence-corrected chi connectivity index (χ1v) is 10.3. The number of fused-ring (bicyclic) bond motifs is 3. The largest absolute Gasteiger partial charge is 0.493 e. The Balaban J connectivity index is 1.87. The molecule has 0 amide bonds. The van der Waals surface area contributed by atoms with Gasteiger partial charge >= 0.3 is 5.97 Å². The monoisotopic (exact) mass is 412 g/mol. The van der Waals surface area contributed by atoms with Crippen LogP contribution >= 0.6 is 11.3 Å². The lowest BCUT2D eigenvalue weighted by Crippen LogP contribution is -2.28. The van der Waals surface area contributed by atoms with Crippen molar-refractivity contribution in [1.82, 2.24) is 9.55 Å². The fourth-order valence-corrected chi connectivity index (χ4v) is 3.85. The summed E-state index contributed by atoms with van der Waals surface area (Å²) in [7, 11) is 0. The van der Waals surface area contributed by atoms with Gasteiger partial charge in [-0.2, -0.15) is 0 Å². The molecule has 0 radical (unpaired) electrons. The Kier molecular flexibility index (Phi) is 5.10. The lowest BCUT2D eigenvalue weighted by atomic mass is 10.0. The number of hydrogen-bond donors (Lipinski definition) is 1. The first kappa shape index (κ1) is 19.2. The van der Waals surface area contributed by atoms with Crippen LogP contribution in [0.4, 0.5) is 0 Å². The number of benzene rings is 1. The number of unbranched alkanes of at least 4 members (excludes halogenated alkanes) is 1. The number of thiazole rings is 1. The average molecular weight is 412 g/mol. The normalized spacial score (nSPS) is 14.6. The van der Waals surface area contributed by atoms with Crippen LogP contribution < -0.4 is 14.9 Å². The molecule has 0 bridgehead atoms. The molecule has 0 aliphatic carbocycles. The maximum absolute atomic E-state index is 12.4. The summed E-state index contributed by atoms with van der Waals surface area (Å²) in [5.41, 5.74) is 3.68. The van der Waals surface area contributed by atoms with Crippen molar-refractivity contribution in [3.05, 3.63) is 62.3 Å². The number of aromatic nitrogens is 2. The van der Waals surface area contributed by atoms with Gasteiger partial charge in [-0.1, -0.05) is 13.3 Å².